The molecule has 1 aromatic rings. The normalized spacial score (nSPS) is 9.64. The van der Waals surface area contributed by atoms with E-state index in [1.807, 2.05) is 0 Å². The molecule has 0 amide bonds. The van der Waals surface area contributed by atoms with Crippen LogP contribution >= 0.6 is 0 Å². The Bertz CT molecular complexity index is 279. The number of carboxylic acids is 1. The first kappa shape index (κ1) is 7.59. The van der Waals surface area contributed by atoms with Crippen LogP contribution in [0.25, 0.3) is 0 Å². The van der Waals surface area contributed by atoms with Gasteiger partial charge in [0.2, 0.25) is 0 Å². The lowest BCUT2D eigenvalue weighted by Gasteiger charge is -1.92. The lowest BCUT2D eigenvalue weighted by molar-refractivity contribution is -0.674. The minimum Gasteiger partial charge on any atom is -0.472 e. The van der Waals surface area contributed by atoms with E-state index in [1.165, 1.54) is 22.6 Å². The van der Waals surface area contributed by atoms with Crippen molar-refractivity contribution in [3.63, 3.8) is 0 Å². The molecule has 0 saturated carbocycles. The van der Waals surface area contributed by atoms with Gasteiger partial charge in [-0.1, -0.05) is 0 Å². The highest BCUT2D eigenvalue weighted by Crippen LogP contribution is 1.90. The second-order valence-corrected chi connectivity index (χ2v) is 2.05. The summed E-state index contributed by atoms with van der Waals surface area (Å²) in [4.78, 5) is 15.3. The van der Waals surface area contributed by atoms with Crippen LogP contribution in [0.3, 0.4) is 0 Å². The Labute approximate surface area is 63.4 Å². The molecule has 0 spiro atoms. The van der Waals surface area contributed by atoms with Crippen molar-refractivity contribution in [3.05, 3.63) is 18.2 Å². The minimum absolute atomic E-state index is 0.0903. The van der Waals surface area contributed by atoms with Gasteiger partial charge < -0.3 is 9.94 Å². The lowest BCUT2D eigenvalue weighted by atomic mass is 10.6. The predicted molar refractivity (Wildman–Crippen MR) is 35.1 cm³/mol. The van der Waals surface area contributed by atoms with Crippen LogP contribution in [0.1, 0.15) is 10.6 Å². The highest BCUT2D eigenvalue weighted by Gasteiger charge is 2.23. The van der Waals surface area contributed by atoms with Crippen molar-refractivity contribution in [2.45, 2.75) is 0 Å². The summed E-state index contributed by atoms with van der Waals surface area (Å²) in [5.74, 6) is -0.924. The molecular weight excluding hydrogens is 148 g/mol. The molecule has 0 aliphatic rings. The molecule has 0 radical (unpaired) electrons. The van der Waals surface area contributed by atoms with Gasteiger partial charge in [0.15, 0.2) is 6.20 Å². The third kappa shape index (κ3) is 1.17. The van der Waals surface area contributed by atoms with Crippen molar-refractivity contribution >= 4 is 5.97 Å². The van der Waals surface area contributed by atoms with Gasteiger partial charge in [-0.25, -0.2) is 9.36 Å². The van der Waals surface area contributed by atoms with E-state index in [1.54, 1.807) is 13.2 Å². The van der Waals surface area contributed by atoms with Crippen LogP contribution in [0.4, 0.5) is 0 Å². The molecule has 0 saturated heterocycles. The molecule has 0 unspecified atom stereocenters. The summed E-state index contributed by atoms with van der Waals surface area (Å²) in [5.41, 5.74) is 0. The molecule has 1 N–H and O–H groups in total. The van der Waals surface area contributed by atoms with Crippen LogP contribution in [0.2, 0.25) is 0 Å². The predicted octanol–water partition coefficient (Wildman–Crippen LogP) is -0.931. The number of aryl methyl sites for hydroxylation is 1. The Morgan fingerprint density at radius 1 is 1.82 bits per heavy atom. The van der Waals surface area contributed by atoms with Gasteiger partial charge in [-0.05, 0) is 4.73 Å². The summed E-state index contributed by atoms with van der Waals surface area (Å²) in [7, 11) is 3.05. The molecule has 0 fully saturated rings. The van der Waals surface area contributed by atoms with Gasteiger partial charge in [0.1, 0.15) is 13.3 Å². The maximum absolute atomic E-state index is 10.5. The fourth-order valence-corrected chi connectivity index (χ4v) is 0.850. The van der Waals surface area contributed by atoms with Crippen LogP contribution in [-0.4, -0.2) is 22.9 Å². The third-order valence-corrected chi connectivity index (χ3v) is 1.36. The smallest absolute Gasteiger partial charge is 0.423 e. The van der Waals surface area contributed by atoms with Gasteiger partial charge >= 0.3 is 11.8 Å². The molecule has 0 aliphatic heterocycles. The fourth-order valence-electron chi connectivity index (χ4n) is 0.850. The van der Waals surface area contributed by atoms with E-state index in [2.05, 4.69) is 0 Å². The van der Waals surface area contributed by atoms with Crippen LogP contribution < -0.4 is 9.40 Å². The third-order valence-electron chi connectivity index (χ3n) is 1.36. The van der Waals surface area contributed by atoms with Gasteiger partial charge in [-0.2, -0.15) is 0 Å². The average molecular weight is 157 g/mol. The SMILES string of the molecule is COn1cc[n+](C)c1C(=O)O. The van der Waals surface area contributed by atoms with Crippen LogP contribution in [0, 0.1) is 0 Å². The molecule has 1 aromatic heterocycles. The highest BCUT2D eigenvalue weighted by atomic mass is 16.6. The molecule has 5 heteroatoms. The zero-order valence-corrected chi connectivity index (χ0v) is 6.31. The number of aromatic carboxylic acids is 1. The number of carboxylic acid groups (broad SMARTS) is 1. The molecular formula is C6H9N2O3+. The summed E-state index contributed by atoms with van der Waals surface area (Å²) in [5, 5.41) is 8.64. The van der Waals surface area contributed by atoms with E-state index in [-0.39, 0.29) is 5.82 Å². The minimum atomic E-state index is -1.01. The molecule has 0 bridgehead atoms. The fraction of sp³-hybridized carbons (Fsp3) is 0.333. The highest BCUT2D eigenvalue weighted by molar-refractivity contribution is 5.81. The number of nitrogens with zero attached hydrogens (tertiary/aromatic N) is 2. The first-order valence-corrected chi connectivity index (χ1v) is 3.01. The molecule has 60 valence electrons. The summed E-state index contributed by atoms with van der Waals surface area (Å²) < 4.78 is 2.65. The summed E-state index contributed by atoms with van der Waals surface area (Å²) in [6.45, 7) is 0. The number of carbonyl (C=O) groups is 1. The van der Waals surface area contributed by atoms with Crippen LogP contribution in [0.15, 0.2) is 12.4 Å². The van der Waals surface area contributed by atoms with Gasteiger partial charge in [0.05, 0.1) is 7.05 Å². The Morgan fingerprint density at radius 2 is 2.45 bits per heavy atom. The Kier molecular flexibility index (Phi) is 1.80. The molecule has 0 atom stereocenters. The van der Waals surface area contributed by atoms with Crippen molar-refractivity contribution < 1.29 is 19.3 Å². The molecule has 0 aliphatic carbocycles. The first-order chi connectivity index (χ1) is 5.16. The number of imidazole rings is 1. The van der Waals surface area contributed by atoms with E-state index in [9.17, 15) is 4.79 Å². The van der Waals surface area contributed by atoms with E-state index in [0.29, 0.717) is 0 Å². The van der Waals surface area contributed by atoms with Crippen LogP contribution in [0.5, 0.6) is 0 Å². The van der Waals surface area contributed by atoms with Crippen molar-refractivity contribution in [2.75, 3.05) is 7.11 Å². The van der Waals surface area contributed by atoms with Crippen LogP contribution in [-0.2, 0) is 7.05 Å². The quantitative estimate of drug-likeness (QED) is 0.564. The summed E-state index contributed by atoms with van der Waals surface area (Å²) in [6.07, 6.45) is 3.14. The Morgan fingerprint density at radius 3 is 2.82 bits per heavy atom. The standard InChI is InChI=1S/C6H8N2O3/c1-7-3-4-8(11-2)5(7)6(9)10/h3-4H,1-2H3/p+1. The number of aromatic nitrogens is 2. The van der Waals surface area contributed by atoms with E-state index in [4.69, 9.17) is 9.94 Å². The van der Waals surface area contributed by atoms with E-state index >= 15 is 0 Å². The zero-order valence-electron chi connectivity index (χ0n) is 6.31. The molecule has 1 rings (SSSR count). The Balaban J connectivity index is 3.17. The molecule has 1 heterocycles. The topological polar surface area (TPSA) is 55.3 Å². The first-order valence-electron chi connectivity index (χ1n) is 3.01. The van der Waals surface area contributed by atoms with E-state index in [0.717, 1.165) is 0 Å². The molecule has 0 aromatic carbocycles. The van der Waals surface area contributed by atoms with Crippen molar-refractivity contribution in [1.29, 1.82) is 0 Å². The molecule has 5 nitrogen and oxygen atoms in total. The second-order valence-electron chi connectivity index (χ2n) is 2.05. The van der Waals surface area contributed by atoms with Crippen molar-refractivity contribution in [3.8, 4) is 0 Å². The van der Waals surface area contributed by atoms with Gasteiger partial charge in [-0.3, -0.25) is 0 Å². The van der Waals surface area contributed by atoms with Crippen molar-refractivity contribution in [1.82, 2.24) is 4.73 Å². The zero-order chi connectivity index (χ0) is 8.43. The monoisotopic (exact) mass is 157 g/mol. The molecule has 11 heavy (non-hydrogen) atoms. The van der Waals surface area contributed by atoms with Crippen molar-refractivity contribution in [2.24, 2.45) is 7.05 Å². The Hall–Kier alpha value is -1.52. The van der Waals surface area contributed by atoms with E-state index < -0.39 is 5.97 Å². The maximum atomic E-state index is 10.5. The lowest BCUT2D eigenvalue weighted by Crippen LogP contribution is -2.36. The largest absolute Gasteiger partial charge is 0.472 e. The second kappa shape index (κ2) is 2.61. The summed E-state index contributed by atoms with van der Waals surface area (Å²) >= 11 is 0. The van der Waals surface area contributed by atoms with Gasteiger partial charge in [-0.15, -0.1) is 0 Å². The number of hydrogen-bond acceptors (Lipinski definition) is 2. The number of rotatable bonds is 2. The summed E-state index contributed by atoms with van der Waals surface area (Å²) in [6, 6.07) is 0. The van der Waals surface area contributed by atoms with Gasteiger partial charge in [0, 0.05) is 0 Å². The average Bonchev–Trinajstić information content (AvgIpc) is 2.30. The number of hydrogen-bond donors (Lipinski definition) is 1. The van der Waals surface area contributed by atoms with Gasteiger partial charge in [0.25, 0.3) is 0 Å². The maximum Gasteiger partial charge on any atom is 0.423 e.